The van der Waals surface area contributed by atoms with Crippen LogP contribution in [0.1, 0.15) is 18.3 Å². The van der Waals surface area contributed by atoms with E-state index in [9.17, 15) is 20.0 Å². The number of ether oxygens (including phenoxy) is 1. The number of aromatic hydroxyl groups is 1. The fourth-order valence-corrected chi connectivity index (χ4v) is 2.29. The Kier molecular flexibility index (Phi) is 5.12. The number of hydrogen-bond donors (Lipinski definition) is 2. The Hall–Kier alpha value is -2.68. The Balaban J connectivity index is 2.29. The Bertz CT molecular complexity index is 832. The van der Waals surface area contributed by atoms with Crippen LogP contribution in [0.2, 0.25) is 0 Å². The van der Waals surface area contributed by atoms with Crippen LogP contribution in [0, 0.1) is 10.1 Å². The van der Waals surface area contributed by atoms with E-state index in [1.807, 2.05) is 6.92 Å². The van der Waals surface area contributed by atoms with Crippen LogP contribution < -0.4 is 10.3 Å². The zero-order chi connectivity index (χ0) is 17.0. The molecule has 0 saturated heterocycles. The minimum absolute atomic E-state index is 0.00288. The highest BCUT2D eigenvalue weighted by molar-refractivity contribution is 9.10. The lowest BCUT2D eigenvalue weighted by Crippen LogP contribution is -2.14. The van der Waals surface area contributed by atoms with Crippen LogP contribution in [0.3, 0.4) is 0 Å². The highest BCUT2D eigenvalue weighted by atomic mass is 79.9. The lowest BCUT2D eigenvalue weighted by molar-refractivity contribution is -0.387. The van der Waals surface area contributed by atoms with Crippen LogP contribution in [0.25, 0.3) is 12.2 Å². The van der Waals surface area contributed by atoms with E-state index in [2.05, 4.69) is 25.9 Å². The van der Waals surface area contributed by atoms with Crippen molar-refractivity contribution < 1.29 is 14.8 Å². The third-order valence-corrected chi connectivity index (χ3v) is 3.39. The molecule has 0 aliphatic carbocycles. The first kappa shape index (κ1) is 16.7. The van der Waals surface area contributed by atoms with Gasteiger partial charge in [-0.05, 0) is 46.6 Å². The molecule has 1 aromatic carbocycles. The first-order chi connectivity index (χ1) is 10.9. The SMILES string of the molecule is CCOc1ccc(/C=C/c2nc(O)c([N+](=O)[O-])c(=O)[nH]2)cc1Br. The van der Waals surface area contributed by atoms with Crippen molar-refractivity contribution in [1.29, 1.82) is 0 Å². The molecule has 0 unspecified atom stereocenters. The summed E-state index contributed by atoms with van der Waals surface area (Å²) >= 11 is 3.38. The highest BCUT2D eigenvalue weighted by Gasteiger charge is 2.21. The van der Waals surface area contributed by atoms with Gasteiger partial charge in [0.25, 0.3) is 5.88 Å². The van der Waals surface area contributed by atoms with Crippen LogP contribution in [0.5, 0.6) is 11.6 Å². The number of hydrogen-bond acceptors (Lipinski definition) is 6. The molecule has 0 bridgehead atoms. The molecule has 0 fully saturated rings. The molecule has 2 N–H and O–H groups in total. The zero-order valence-corrected chi connectivity index (χ0v) is 13.5. The molecule has 1 heterocycles. The van der Waals surface area contributed by atoms with Crippen molar-refractivity contribution in [2.24, 2.45) is 0 Å². The Labute approximate surface area is 138 Å². The number of nitro groups is 1. The van der Waals surface area contributed by atoms with Gasteiger partial charge in [-0.25, -0.2) is 0 Å². The predicted octanol–water partition coefficient (Wildman–Crippen LogP) is 2.72. The summed E-state index contributed by atoms with van der Waals surface area (Å²) in [5.74, 6) is -0.224. The Morgan fingerprint density at radius 1 is 1.48 bits per heavy atom. The normalized spacial score (nSPS) is 10.9. The smallest absolute Gasteiger partial charge is 0.395 e. The van der Waals surface area contributed by atoms with Gasteiger partial charge >= 0.3 is 11.2 Å². The van der Waals surface area contributed by atoms with E-state index in [0.717, 1.165) is 10.0 Å². The predicted molar refractivity (Wildman–Crippen MR) is 87.4 cm³/mol. The number of nitrogens with one attached hydrogen (secondary N) is 1. The molecule has 23 heavy (non-hydrogen) atoms. The second-order valence-electron chi connectivity index (χ2n) is 4.34. The largest absolute Gasteiger partial charge is 0.493 e. The van der Waals surface area contributed by atoms with Gasteiger partial charge in [0.05, 0.1) is 16.0 Å². The van der Waals surface area contributed by atoms with Crippen LogP contribution in [0.4, 0.5) is 5.69 Å². The molecule has 0 atom stereocenters. The molecular formula is C14H12BrN3O5. The van der Waals surface area contributed by atoms with Crippen LogP contribution in [0.15, 0.2) is 27.5 Å². The third kappa shape index (κ3) is 3.95. The van der Waals surface area contributed by atoms with Crippen molar-refractivity contribution in [3.8, 4) is 11.6 Å². The molecule has 1 aromatic heterocycles. The second kappa shape index (κ2) is 7.05. The van der Waals surface area contributed by atoms with Crippen molar-refractivity contribution in [3.05, 3.63) is 54.5 Å². The molecule has 0 spiro atoms. The van der Waals surface area contributed by atoms with Gasteiger partial charge in [0.15, 0.2) is 0 Å². The fraction of sp³-hybridized carbons (Fsp3) is 0.143. The monoisotopic (exact) mass is 381 g/mol. The number of rotatable bonds is 5. The Morgan fingerprint density at radius 3 is 2.78 bits per heavy atom. The van der Waals surface area contributed by atoms with E-state index >= 15 is 0 Å². The van der Waals surface area contributed by atoms with E-state index in [1.54, 1.807) is 24.3 Å². The minimum atomic E-state index is -1.02. The molecule has 120 valence electrons. The molecule has 0 aliphatic heterocycles. The van der Waals surface area contributed by atoms with Gasteiger partial charge in [-0.3, -0.25) is 14.9 Å². The molecule has 2 aromatic rings. The van der Waals surface area contributed by atoms with E-state index in [-0.39, 0.29) is 5.82 Å². The van der Waals surface area contributed by atoms with Gasteiger partial charge in [-0.2, -0.15) is 4.98 Å². The minimum Gasteiger partial charge on any atom is -0.493 e. The van der Waals surface area contributed by atoms with Crippen molar-refractivity contribution in [2.45, 2.75) is 6.92 Å². The van der Waals surface area contributed by atoms with Gasteiger partial charge in [0.1, 0.15) is 11.6 Å². The number of aromatic nitrogens is 2. The maximum Gasteiger partial charge on any atom is 0.395 e. The average Bonchev–Trinajstić information content (AvgIpc) is 2.46. The number of halogens is 1. The third-order valence-electron chi connectivity index (χ3n) is 2.77. The lowest BCUT2D eigenvalue weighted by Gasteiger charge is -2.05. The molecular weight excluding hydrogens is 370 g/mol. The summed E-state index contributed by atoms with van der Waals surface area (Å²) < 4.78 is 6.15. The average molecular weight is 382 g/mol. The number of aromatic amines is 1. The molecule has 0 radical (unpaired) electrons. The maximum absolute atomic E-state index is 11.5. The van der Waals surface area contributed by atoms with Gasteiger partial charge in [0.2, 0.25) is 0 Å². The van der Waals surface area contributed by atoms with Crippen molar-refractivity contribution in [2.75, 3.05) is 6.61 Å². The summed E-state index contributed by atoms with van der Waals surface area (Å²) in [6.45, 7) is 2.42. The Morgan fingerprint density at radius 2 is 2.22 bits per heavy atom. The van der Waals surface area contributed by atoms with E-state index in [4.69, 9.17) is 4.74 Å². The van der Waals surface area contributed by atoms with Crippen molar-refractivity contribution in [3.63, 3.8) is 0 Å². The molecule has 0 amide bonds. The molecule has 8 nitrogen and oxygen atoms in total. The second-order valence-corrected chi connectivity index (χ2v) is 5.19. The standard InChI is InChI=1S/C14H12BrN3O5/c1-2-23-10-5-3-8(7-9(10)15)4-6-11-16-13(19)12(18(21)22)14(20)17-11/h3-7H,2H2,1H3,(H2,16,17,19,20)/b6-4+. The molecule has 0 saturated carbocycles. The van der Waals surface area contributed by atoms with Crippen molar-refractivity contribution in [1.82, 2.24) is 9.97 Å². The number of H-pyrrole nitrogens is 1. The summed E-state index contributed by atoms with van der Waals surface area (Å²) in [5, 5.41) is 20.1. The quantitative estimate of drug-likeness (QED) is 0.606. The summed E-state index contributed by atoms with van der Waals surface area (Å²) in [4.78, 5) is 26.9. The van der Waals surface area contributed by atoms with Crippen LogP contribution in [-0.2, 0) is 0 Å². The highest BCUT2D eigenvalue weighted by Crippen LogP contribution is 2.26. The first-order valence-corrected chi connectivity index (χ1v) is 7.29. The summed E-state index contributed by atoms with van der Waals surface area (Å²) in [6, 6.07) is 5.36. The summed E-state index contributed by atoms with van der Waals surface area (Å²) in [6.07, 6.45) is 3.05. The summed E-state index contributed by atoms with van der Waals surface area (Å²) in [7, 11) is 0. The zero-order valence-electron chi connectivity index (χ0n) is 11.9. The number of benzene rings is 1. The molecule has 0 aliphatic rings. The van der Waals surface area contributed by atoms with Crippen LogP contribution >= 0.6 is 15.9 Å². The summed E-state index contributed by atoms with van der Waals surface area (Å²) in [5.41, 5.74) is -1.22. The van der Waals surface area contributed by atoms with Crippen molar-refractivity contribution >= 4 is 33.8 Å². The van der Waals surface area contributed by atoms with Gasteiger partial charge in [-0.15, -0.1) is 0 Å². The molecule has 2 rings (SSSR count). The van der Waals surface area contributed by atoms with E-state index < -0.39 is 22.0 Å². The first-order valence-electron chi connectivity index (χ1n) is 6.50. The van der Waals surface area contributed by atoms with Gasteiger partial charge in [0, 0.05) is 0 Å². The van der Waals surface area contributed by atoms with Crippen LogP contribution in [-0.4, -0.2) is 26.6 Å². The topological polar surface area (TPSA) is 118 Å². The van der Waals surface area contributed by atoms with E-state index in [0.29, 0.717) is 12.4 Å². The van der Waals surface area contributed by atoms with E-state index in [1.165, 1.54) is 6.08 Å². The number of nitrogens with zero attached hydrogens (tertiary/aromatic N) is 2. The molecule has 9 heteroatoms. The lowest BCUT2D eigenvalue weighted by atomic mass is 10.2. The van der Waals surface area contributed by atoms with Gasteiger partial charge in [-0.1, -0.05) is 12.1 Å². The van der Waals surface area contributed by atoms with Gasteiger partial charge < -0.3 is 14.8 Å². The maximum atomic E-state index is 11.5. The fourth-order valence-electron chi connectivity index (χ4n) is 1.78.